The fourth-order valence-electron chi connectivity index (χ4n) is 3.13. The molecule has 1 aromatic heterocycles. The lowest BCUT2D eigenvalue weighted by atomic mass is 10.3. The van der Waals surface area contributed by atoms with Gasteiger partial charge in [-0.25, -0.2) is 9.37 Å². The van der Waals surface area contributed by atoms with E-state index in [2.05, 4.69) is 23.7 Å². The number of carbonyl (C=O) groups is 1. The van der Waals surface area contributed by atoms with Crippen LogP contribution in [0.15, 0.2) is 42.5 Å². The molecule has 2 aromatic carbocycles. The summed E-state index contributed by atoms with van der Waals surface area (Å²) in [4.78, 5) is 21.5. The van der Waals surface area contributed by atoms with E-state index in [1.54, 1.807) is 23.1 Å². The van der Waals surface area contributed by atoms with Crippen LogP contribution in [0.2, 0.25) is 0 Å². The summed E-state index contributed by atoms with van der Waals surface area (Å²) in [6.07, 6.45) is 0. The average Bonchev–Trinajstić information content (AvgIpc) is 3.19. The number of rotatable bonds is 11. The lowest BCUT2D eigenvalue weighted by molar-refractivity contribution is -0.120. The van der Waals surface area contributed by atoms with E-state index in [9.17, 15) is 9.18 Å². The number of nitrogens with zero attached hydrogens (tertiary/aromatic N) is 3. The summed E-state index contributed by atoms with van der Waals surface area (Å²) in [6.45, 7) is 9.56. The fraction of sp³-hybridized carbons (Fsp3) is 0.391. The summed E-state index contributed by atoms with van der Waals surface area (Å²) >= 11 is 1.31. The molecule has 0 aliphatic rings. The van der Waals surface area contributed by atoms with Gasteiger partial charge in [0.1, 0.15) is 17.3 Å². The number of hydrogen-bond donors (Lipinski definition) is 0. The number of fused-ring (bicyclic) bond motifs is 1. The molecule has 0 aliphatic heterocycles. The Labute approximate surface area is 186 Å². The number of hydrogen-bond acceptors (Lipinski definition) is 6. The first-order valence-electron chi connectivity index (χ1n) is 10.5. The minimum absolute atomic E-state index is 0.115. The second-order valence-corrected chi connectivity index (χ2v) is 7.88. The lowest BCUT2D eigenvalue weighted by Gasteiger charge is -2.24. The molecule has 3 rings (SSSR count). The highest BCUT2D eigenvalue weighted by molar-refractivity contribution is 7.22. The molecule has 0 bridgehead atoms. The zero-order chi connectivity index (χ0) is 22.2. The van der Waals surface area contributed by atoms with Gasteiger partial charge in [-0.15, -0.1) is 0 Å². The Morgan fingerprint density at radius 1 is 1.00 bits per heavy atom. The molecule has 166 valence electrons. The number of thiazole rings is 1. The number of amides is 1. The minimum Gasteiger partial charge on any atom is -0.494 e. The van der Waals surface area contributed by atoms with E-state index in [-0.39, 0.29) is 18.3 Å². The highest BCUT2D eigenvalue weighted by atomic mass is 32.1. The molecule has 0 radical (unpaired) electrons. The third kappa shape index (κ3) is 6.15. The molecule has 0 saturated carbocycles. The van der Waals surface area contributed by atoms with E-state index in [4.69, 9.17) is 9.47 Å². The molecule has 0 saturated heterocycles. The molecule has 0 N–H and O–H groups in total. The number of likely N-dealkylation sites (N-methyl/N-ethyl adjacent to an activating group) is 1. The summed E-state index contributed by atoms with van der Waals surface area (Å²) < 4.78 is 25.4. The van der Waals surface area contributed by atoms with Crippen LogP contribution in [0.1, 0.15) is 20.8 Å². The van der Waals surface area contributed by atoms with Crippen LogP contribution in [0.3, 0.4) is 0 Å². The van der Waals surface area contributed by atoms with Crippen molar-refractivity contribution in [1.29, 1.82) is 0 Å². The van der Waals surface area contributed by atoms with Crippen molar-refractivity contribution in [3.05, 3.63) is 48.3 Å². The van der Waals surface area contributed by atoms with E-state index in [1.165, 1.54) is 23.5 Å². The summed E-state index contributed by atoms with van der Waals surface area (Å²) in [6, 6.07) is 11.6. The van der Waals surface area contributed by atoms with Crippen molar-refractivity contribution in [3.63, 3.8) is 0 Å². The Morgan fingerprint density at radius 3 is 2.32 bits per heavy atom. The van der Waals surface area contributed by atoms with Crippen LogP contribution in [-0.4, -0.2) is 55.2 Å². The molecule has 8 heteroatoms. The molecule has 0 unspecified atom stereocenters. The number of benzene rings is 2. The Bertz CT molecular complexity index is 989. The van der Waals surface area contributed by atoms with Gasteiger partial charge in [-0.05, 0) is 62.5 Å². The van der Waals surface area contributed by atoms with Gasteiger partial charge < -0.3 is 14.4 Å². The van der Waals surface area contributed by atoms with E-state index in [0.29, 0.717) is 40.8 Å². The number of halogens is 1. The number of anilines is 1. The molecule has 1 amide bonds. The SMILES string of the molecule is CCOc1ccc(OCC(=O)N(CCN(CC)CC)c2nc3ccc(F)cc3s2)cc1. The molecule has 0 atom stereocenters. The number of aromatic nitrogens is 1. The number of ether oxygens (including phenoxy) is 2. The minimum atomic E-state index is -0.317. The second-order valence-electron chi connectivity index (χ2n) is 6.87. The largest absolute Gasteiger partial charge is 0.494 e. The molecular formula is C23H28FN3O3S. The van der Waals surface area contributed by atoms with Crippen molar-refractivity contribution >= 4 is 32.6 Å². The van der Waals surface area contributed by atoms with Crippen molar-refractivity contribution in [1.82, 2.24) is 9.88 Å². The lowest BCUT2D eigenvalue weighted by Crippen LogP contribution is -2.41. The van der Waals surface area contributed by atoms with Gasteiger partial charge in [-0.1, -0.05) is 25.2 Å². The maximum Gasteiger partial charge on any atom is 0.266 e. The summed E-state index contributed by atoms with van der Waals surface area (Å²) in [5, 5.41) is 0.549. The van der Waals surface area contributed by atoms with Crippen molar-refractivity contribution < 1.29 is 18.7 Å². The monoisotopic (exact) mass is 445 g/mol. The van der Waals surface area contributed by atoms with Gasteiger partial charge in [0.2, 0.25) is 0 Å². The van der Waals surface area contributed by atoms with Gasteiger partial charge >= 0.3 is 0 Å². The van der Waals surface area contributed by atoms with Crippen LogP contribution in [0, 0.1) is 5.82 Å². The third-order valence-electron chi connectivity index (χ3n) is 4.90. The summed E-state index contributed by atoms with van der Waals surface area (Å²) in [5.74, 6) is 0.832. The van der Waals surface area contributed by atoms with Crippen LogP contribution in [0.5, 0.6) is 11.5 Å². The Morgan fingerprint density at radius 2 is 1.68 bits per heavy atom. The van der Waals surface area contributed by atoms with Crippen molar-refractivity contribution in [2.24, 2.45) is 0 Å². The molecular weight excluding hydrogens is 417 g/mol. The van der Waals surface area contributed by atoms with E-state index >= 15 is 0 Å². The van der Waals surface area contributed by atoms with Gasteiger partial charge in [0.05, 0.1) is 16.8 Å². The van der Waals surface area contributed by atoms with Gasteiger partial charge in [-0.3, -0.25) is 9.69 Å². The van der Waals surface area contributed by atoms with Gasteiger partial charge in [-0.2, -0.15) is 0 Å². The van der Waals surface area contributed by atoms with Crippen LogP contribution in [0.25, 0.3) is 10.2 Å². The standard InChI is InChI=1S/C23H28FN3O3S/c1-4-26(5-2)13-14-27(23-25-20-12-7-17(24)15-21(20)31-23)22(28)16-30-19-10-8-18(9-11-19)29-6-3/h7-12,15H,4-6,13-14,16H2,1-3H3. The maximum atomic E-state index is 13.6. The predicted octanol–water partition coefficient (Wildman–Crippen LogP) is 4.59. The van der Waals surface area contributed by atoms with Crippen molar-refractivity contribution in [3.8, 4) is 11.5 Å². The first kappa shape index (κ1) is 23.0. The molecule has 31 heavy (non-hydrogen) atoms. The molecule has 6 nitrogen and oxygen atoms in total. The van der Waals surface area contributed by atoms with Gasteiger partial charge in [0.15, 0.2) is 11.7 Å². The van der Waals surface area contributed by atoms with E-state index in [1.807, 2.05) is 19.1 Å². The highest BCUT2D eigenvalue weighted by Crippen LogP contribution is 2.29. The van der Waals surface area contributed by atoms with Crippen LogP contribution in [0.4, 0.5) is 9.52 Å². The van der Waals surface area contributed by atoms with Crippen LogP contribution < -0.4 is 14.4 Å². The number of carbonyl (C=O) groups excluding carboxylic acids is 1. The molecule has 0 aliphatic carbocycles. The van der Waals surface area contributed by atoms with E-state index in [0.717, 1.165) is 18.8 Å². The Kier molecular flexibility index (Phi) is 8.20. The molecule has 1 heterocycles. The Balaban J connectivity index is 1.74. The Hall–Kier alpha value is -2.71. The topological polar surface area (TPSA) is 54.9 Å². The second kappa shape index (κ2) is 11.1. The van der Waals surface area contributed by atoms with Gasteiger partial charge in [0, 0.05) is 13.1 Å². The molecule has 3 aromatic rings. The fourth-order valence-corrected chi connectivity index (χ4v) is 4.17. The van der Waals surface area contributed by atoms with Crippen LogP contribution in [-0.2, 0) is 4.79 Å². The zero-order valence-electron chi connectivity index (χ0n) is 18.1. The predicted molar refractivity (Wildman–Crippen MR) is 123 cm³/mol. The maximum absolute atomic E-state index is 13.6. The van der Waals surface area contributed by atoms with Crippen molar-refractivity contribution in [2.75, 3.05) is 44.3 Å². The third-order valence-corrected chi connectivity index (χ3v) is 5.94. The summed E-state index contributed by atoms with van der Waals surface area (Å²) in [7, 11) is 0. The summed E-state index contributed by atoms with van der Waals surface area (Å²) in [5.41, 5.74) is 0.675. The first-order valence-corrected chi connectivity index (χ1v) is 11.3. The average molecular weight is 446 g/mol. The first-order chi connectivity index (χ1) is 15.0. The molecule has 0 fully saturated rings. The van der Waals surface area contributed by atoms with Gasteiger partial charge in [0.25, 0.3) is 5.91 Å². The molecule has 0 spiro atoms. The normalized spacial score (nSPS) is 11.1. The van der Waals surface area contributed by atoms with Crippen molar-refractivity contribution in [2.45, 2.75) is 20.8 Å². The highest BCUT2D eigenvalue weighted by Gasteiger charge is 2.21. The quantitative estimate of drug-likeness (QED) is 0.432. The zero-order valence-corrected chi connectivity index (χ0v) is 19.0. The van der Waals surface area contributed by atoms with E-state index < -0.39 is 0 Å². The smallest absolute Gasteiger partial charge is 0.266 e. The van der Waals surface area contributed by atoms with Crippen LogP contribution >= 0.6 is 11.3 Å².